The molecule has 1 aromatic rings. The number of carbonyl (C=O) groups excluding carboxylic acids is 1. The molecule has 1 amide bonds. The molecule has 1 aliphatic rings. The minimum Gasteiger partial charge on any atom is -0.334 e. The van der Waals surface area contributed by atoms with Crippen LogP contribution in [0, 0.1) is 0 Å². The van der Waals surface area contributed by atoms with Gasteiger partial charge in [-0.3, -0.25) is 9.69 Å². The quantitative estimate of drug-likeness (QED) is 0.764. The number of carbonyl (C=O) groups is 1. The highest BCUT2D eigenvalue weighted by atomic mass is 16.2. The van der Waals surface area contributed by atoms with Crippen molar-refractivity contribution in [1.29, 1.82) is 0 Å². The van der Waals surface area contributed by atoms with Crippen molar-refractivity contribution in [3.8, 4) is 0 Å². The number of hydrogen-bond donors (Lipinski definition) is 1. The van der Waals surface area contributed by atoms with Gasteiger partial charge in [0.15, 0.2) is 5.69 Å². The first-order chi connectivity index (χ1) is 7.72. The van der Waals surface area contributed by atoms with Crippen LogP contribution in [0.1, 0.15) is 23.8 Å². The van der Waals surface area contributed by atoms with E-state index in [0.29, 0.717) is 11.7 Å². The van der Waals surface area contributed by atoms with E-state index in [9.17, 15) is 4.79 Å². The fraction of sp³-hybridized carbons (Fsp3) is 0.700. The van der Waals surface area contributed by atoms with Gasteiger partial charge < -0.3 is 4.90 Å². The predicted molar refractivity (Wildman–Crippen MR) is 59.0 cm³/mol. The molecule has 88 valence electrons. The second kappa shape index (κ2) is 4.61. The standard InChI is InChI=1S/C10H17N5O/c1-3-8-7-15(5-4-14(8)2)10(16)9-6-11-13-12-9/h6,8H,3-5,7H2,1-2H3,(H,11,12,13). The van der Waals surface area contributed by atoms with Crippen LogP contribution in [0.15, 0.2) is 6.20 Å². The monoisotopic (exact) mass is 223 g/mol. The maximum Gasteiger partial charge on any atom is 0.276 e. The molecule has 6 nitrogen and oxygen atoms in total. The zero-order valence-electron chi connectivity index (χ0n) is 9.68. The Morgan fingerprint density at radius 1 is 1.62 bits per heavy atom. The minimum atomic E-state index is -0.0275. The van der Waals surface area contributed by atoms with Crippen LogP contribution in [0.25, 0.3) is 0 Å². The molecular formula is C10H17N5O. The summed E-state index contributed by atoms with van der Waals surface area (Å²) in [4.78, 5) is 16.2. The summed E-state index contributed by atoms with van der Waals surface area (Å²) in [7, 11) is 2.10. The zero-order valence-corrected chi connectivity index (χ0v) is 9.68. The van der Waals surface area contributed by atoms with Crippen LogP contribution in [-0.2, 0) is 0 Å². The molecular weight excluding hydrogens is 206 g/mol. The number of H-pyrrole nitrogens is 1. The highest BCUT2D eigenvalue weighted by Gasteiger charge is 2.27. The van der Waals surface area contributed by atoms with Gasteiger partial charge in [-0.25, -0.2) is 0 Å². The average Bonchev–Trinajstić information content (AvgIpc) is 2.82. The van der Waals surface area contributed by atoms with Crippen LogP contribution in [0.5, 0.6) is 0 Å². The first-order valence-electron chi connectivity index (χ1n) is 5.57. The lowest BCUT2D eigenvalue weighted by molar-refractivity contribution is 0.0536. The summed E-state index contributed by atoms with van der Waals surface area (Å²) in [5.41, 5.74) is 0.402. The van der Waals surface area contributed by atoms with E-state index in [1.54, 1.807) is 0 Å². The van der Waals surface area contributed by atoms with E-state index < -0.39 is 0 Å². The SMILES string of the molecule is CCC1CN(C(=O)c2cn[nH]n2)CCN1C. The number of aromatic amines is 1. The summed E-state index contributed by atoms with van der Waals surface area (Å²) in [5, 5.41) is 9.94. The molecule has 1 atom stereocenters. The number of piperazine rings is 1. The molecule has 0 radical (unpaired) electrons. The van der Waals surface area contributed by atoms with Gasteiger partial charge in [0.25, 0.3) is 5.91 Å². The van der Waals surface area contributed by atoms with Gasteiger partial charge in [0.2, 0.25) is 0 Å². The molecule has 1 aromatic heterocycles. The first-order valence-corrected chi connectivity index (χ1v) is 5.57. The topological polar surface area (TPSA) is 65.1 Å². The van der Waals surface area contributed by atoms with Crippen molar-refractivity contribution in [2.75, 3.05) is 26.7 Å². The number of amides is 1. The molecule has 1 N–H and O–H groups in total. The van der Waals surface area contributed by atoms with Crippen LogP contribution in [-0.4, -0.2) is 63.8 Å². The fourth-order valence-electron chi connectivity index (χ4n) is 2.04. The number of likely N-dealkylation sites (N-methyl/N-ethyl adjacent to an activating group) is 1. The Labute approximate surface area is 94.6 Å². The van der Waals surface area contributed by atoms with Gasteiger partial charge in [-0.05, 0) is 13.5 Å². The van der Waals surface area contributed by atoms with E-state index in [4.69, 9.17) is 0 Å². The van der Waals surface area contributed by atoms with E-state index >= 15 is 0 Å². The number of rotatable bonds is 2. The third-order valence-electron chi connectivity index (χ3n) is 3.17. The molecule has 1 unspecified atom stereocenters. The molecule has 0 spiro atoms. The highest BCUT2D eigenvalue weighted by Crippen LogP contribution is 2.12. The van der Waals surface area contributed by atoms with Crippen LogP contribution >= 0.6 is 0 Å². The lowest BCUT2D eigenvalue weighted by Crippen LogP contribution is -2.53. The zero-order chi connectivity index (χ0) is 11.5. The Kier molecular flexibility index (Phi) is 3.19. The van der Waals surface area contributed by atoms with Gasteiger partial charge in [-0.2, -0.15) is 15.4 Å². The van der Waals surface area contributed by atoms with Gasteiger partial charge in [0, 0.05) is 25.7 Å². The van der Waals surface area contributed by atoms with Gasteiger partial charge >= 0.3 is 0 Å². The Balaban J connectivity index is 2.03. The van der Waals surface area contributed by atoms with E-state index in [0.717, 1.165) is 26.1 Å². The van der Waals surface area contributed by atoms with Crippen LogP contribution < -0.4 is 0 Å². The Morgan fingerprint density at radius 2 is 2.44 bits per heavy atom. The fourth-order valence-corrected chi connectivity index (χ4v) is 2.04. The van der Waals surface area contributed by atoms with Crippen molar-refractivity contribution in [2.45, 2.75) is 19.4 Å². The molecule has 0 saturated carbocycles. The van der Waals surface area contributed by atoms with E-state index in [1.165, 1.54) is 6.20 Å². The molecule has 1 aliphatic heterocycles. The summed E-state index contributed by atoms with van der Waals surface area (Å²) in [6, 6.07) is 0.449. The van der Waals surface area contributed by atoms with Gasteiger partial charge in [0.05, 0.1) is 6.20 Å². The molecule has 0 aliphatic carbocycles. The smallest absolute Gasteiger partial charge is 0.276 e. The summed E-state index contributed by atoms with van der Waals surface area (Å²) in [5.74, 6) is -0.0275. The van der Waals surface area contributed by atoms with Crippen molar-refractivity contribution < 1.29 is 4.79 Å². The third kappa shape index (κ3) is 2.06. The first kappa shape index (κ1) is 11.1. The van der Waals surface area contributed by atoms with Crippen LogP contribution in [0.3, 0.4) is 0 Å². The summed E-state index contributed by atoms with van der Waals surface area (Å²) >= 11 is 0. The Morgan fingerprint density at radius 3 is 3.06 bits per heavy atom. The number of nitrogens with zero attached hydrogens (tertiary/aromatic N) is 4. The summed E-state index contributed by atoms with van der Waals surface area (Å²) in [6.07, 6.45) is 2.53. The molecule has 16 heavy (non-hydrogen) atoms. The average molecular weight is 223 g/mol. The lowest BCUT2D eigenvalue weighted by Gasteiger charge is -2.38. The normalized spacial score (nSPS) is 22.4. The largest absolute Gasteiger partial charge is 0.334 e. The lowest BCUT2D eigenvalue weighted by atomic mass is 10.1. The second-order valence-electron chi connectivity index (χ2n) is 4.15. The number of hydrogen-bond acceptors (Lipinski definition) is 4. The molecule has 2 rings (SSSR count). The van der Waals surface area contributed by atoms with Crippen molar-refractivity contribution in [1.82, 2.24) is 25.2 Å². The van der Waals surface area contributed by atoms with Crippen molar-refractivity contribution in [3.63, 3.8) is 0 Å². The predicted octanol–water partition coefficient (Wildman–Crippen LogP) is -0.0291. The van der Waals surface area contributed by atoms with E-state index in [1.807, 2.05) is 4.90 Å². The number of nitrogens with one attached hydrogen (secondary N) is 1. The van der Waals surface area contributed by atoms with E-state index in [-0.39, 0.29) is 5.91 Å². The van der Waals surface area contributed by atoms with Crippen LogP contribution in [0.2, 0.25) is 0 Å². The molecule has 1 saturated heterocycles. The Hall–Kier alpha value is -1.43. The van der Waals surface area contributed by atoms with Crippen molar-refractivity contribution in [3.05, 3.63) is 11.9 Å². The van der Waals surface area contributed by atoms with Crippen molar-refractivity contribution in [2.24, 2.45) is 0 Å². The highest BCUT2D eigenvalue weighted by molar-refractivity contribution is 5.91. The maximum absolute atomic E-state index is 12.0. The van der Waals surface area contributed by atoms with Gasteiger partial charge in [0.1, 0.15) is 0 Å². The van der Waals surface area contributed by atoms with Gasteiger partial charge in [-0.1, -0.05) is 6.92 Å². The Bertz CT molecular complexity index is 350. The molecule has 0 bridgehead atoms. The minimum absolute atomic E-state index is 0.0275. The van der Waals surface area contributed by atoms with Crippen LogP contribution in [0.4, 0.5) is 0 Å². The second-order valence-corrected chi connectivity index (χ2v) is 4.15. The molecule has 6 heteroatoms. The van der Waals surface area contributed by atoms with Crippen molar-refractivity contribution >= 4 is 5.91 Å². The molecule has 0 aromatic carbocycles. The maximum atomic E-state index is 12.0. The summed E-state index contributed by atoms with van der Waals surface area (Å²) < 4.78 is 0. The third-order valence-corrected chi connectivity index (χ3v) is 3.17. The molecule has 1 fully saturated rings. The number of aromatic nitrogens is 3. The van der Waals surface area contributed by atoms with Gasteiger partial charge in [-0.15, -0.1) is 0 Å². The van der Waals surface area contributed by atoms with E-state index in [2.05, 4.69) is 34.3 Å². The molecule has 2 heterocycles. The summed E-state index contributed by atoms with van der Waals surface area (Å²) in [6.45, 7) is 4.60.